The molecule has 0 atom stereocenters. The van der Waals surface area contributed by atoms with E-state index in [0.717, 1.165) is 17.0 Å². The van der Waals surface area contributed by atoms with Gasteiger partial charge in [-0.25, -0.2) is 4.79 Å². The number of carbonyl (C=O) groups excluding carboxylic acids is 1. The van der Waals surface area contributed by atoms with Crippen LogP contribution in [0, 0.1) is 0 Å². The minimum absolute atomic E-state index is 0.0989. The zero-order valence-corrected chi connectivity index (χ0v) is 12.9. The molecule has 6 heteroatoms. The topological polar surface area (TPSA) is 67.6 Å². The van der Waals surface area contributed by atoms with E-state index in [1.807, 2.05) is 20.8 Å². The fourth-order valence-corrected chi connectivity index (χ4v) is 2.42. The standard InChI is InChI=1S/C15H23N3O3/c1-5-7-18-13(10-19)11-9-17(8-6-12(11)16-18)14(20)21-15(2,3)4/h5,19H,1,6-10H2,2-4H3. The molecule has 0 saturated carbocycles. The van der Waals surface area contributed by atoms with Gasteiger partial charge in [-0.2, -0.15) is 5.10 Å². The molecule has 0 unspecified atom stereocenters. The Morgan fingerprint density at radius 1 is 1.52 bits per heavy atom. The van der Waals surface area contributed by atoms with Crippen LogP contribution in [-0.2, 0) is 30.9 Å². The largest absolute Gasteiger partial charge is 0.444 e. The lowest BCUT2D eigenvalue weighted by Crippen LogP contribution is -2.40. The van der Waals surface area contributed by atoms with E-state index in [2.05, 4.69) is 11.7 Å². The highest BCUT2D eigenvalue weighted by Gasteiger charge is 2.29. The molecule has 0 radical (unpaired) electrons. The Hall–Kier alpha value is -1.82. The van der Waals surface area contributed by atoms with Crippen LogP contribution in [-0.4, -0.2) is 38.0 Å². The number of aliphatic hydroxyl groups is 1. The number of amides is 1. The zero-order chi connectivity index (χ0) is 15.6. The first-order valence-corrected chi connectivity index (χ1v) is 7.13. The second kappa shape index (κ2) is 5.89. The maximum absolute atomic E-state index is 12.2. The Morgan fingerprint density at radius 2 is 2.24 bits per heavy atom. The number of carbonyl (C=O) groups is 1. The summed E-state index contributed by atoms with van der Waals surface area (Å²) in [6, 6.07) is 0. The van der Waals surface area contributed by atoms with E-state index in [-0.39, 0.29) is 12.7 Å². The minimum atomic E-state index is -0.510. The van der Waals surface area contributed by atoms with Gasteiger partial charge in [0.2, 0.25) is 0 Å². The van der Waals surface area contributed by atoms with E-state index in [0.29, 0.717) is 26.1 Å². The summed E-state index contributed by atoms with van der Waals surface area (Å²) in [6.07, 6.45) is 2.09. The SMILES string of the molecule is C=CCn1nc2c(c1CO)CN(C(=O)OC(C)(C)C)CC2. The number of fused-ring (bicyclic) bond motifs is 1. The second-order valence-electron chi connectivity index (χ2n) is 6.15. The number of hydrogen-bond donors (Lipinski definition) is 1. The number of nitrogens with zero attached hydrogens (tertiary/aromatic N) is 3. The van der Waals surface area contributed by atoms with Crippen molar-refractivity contribution in [2.24, 2.45) is 0 Å². The average molecular weight is 293 g/mol. The lowest BCUT2D eigenvalue weighted by Gasteiger charge is -2.29. The third-order valence-electron chi connectivity index (χ3n) is 3.32. The molecule has 1 aromatic heterocycles. The van der Waals surface area contributed by atoms with Crippen molar-refractivity contribution < 1.29 is 14.6 Å². The van der Waals surface area contributed by atoms with Gasteiger partial charge in [0.25, 0.3) is 0 Å². The molecule has 0 saturated heterocycles. The molecule has 1 aromatic rings. The van der Waals surface area contributed by atoms with Gasteiger partial charge in [-0.1, -0.05) is 6.08 Å². The molecular weight excluding hydrogens is 270 g/mol. The lowest BCUT2D eigenvalue weighted by atomic mass is 10.1. The molecule has 0 fully saturated rings. The van der Waals surface area contributed by atoms with Crippen molar-refractivity contribution >= 4 is 6.09 Å². The third-order valence-corrected chi connectivity index (χ3v) is 3.32. The van der Waals surface area contributed by atoms with Gasteiger partial charge in [0, 0.05) is 18.5 Å². The maximum Gasteiger partial charge on any atom is 0.410 e. The Bertz CT molecular complexity index is 543. The molecule has 0 aliphatic carbocycles. The molecule has 0 spiro atoms. The van der Waals surface area contributed by atoms with Crippen LogP contribution in [0.2, 0.25) is 0 Å². The van der Waals surface area contributed by atoms with Crippen LogP contribution in [0.1, 0.15) is 37.7 Å². The first-order valence-electron chi connectivity index (χ1n) is 7.13. The van der Waals surface area contributed by atoms with Crippen LogP contribution in [0.5, 0.6) is 0 Å². The second-order valence-corrected chi connectivity index (χ2v) is 6.15. The molecule has 6 nitrogen and oxygen atoms in total. The number of aliphatic hydroxyl groups excluding tert-OH is 1. The van der Waals surface area contributed by atoms with Crippen LogP contribution in [0.15, 0.2) is 12.7 Å². The third kappa shape index (κ3) is 3.44. The van der Waals surface area contributed by atoms with Gasteiger partial charge < -0.3 is 14.7 Å². The van der Waals surface area contributed by atoms with Crippen LogP contribution in [0.25, 0.3) is 0 Å². The molecule has 1 aliphatic rings. The van der Waals surface area contributed by atoms with Crippen LogP contribution >= 0.6 is 0 Å². The predicted octanol–water partition coefficient (Wildman–Crippen LogP) is 1.85. The summed E-state index contributed by atoms with van der Waals surface area (Å²) >= 11 is 0. The fourth-order valence-electron chi connectivity index (χ4n) is 2.42. The van der Waals surface area contributed by atoms with Crippen molar-refractivity contribution in [2.45, 2.75) is 52.5 Å². The molecule has 1 amide bonds. The van der Waals surface area contributed by atoms with Gasteiger partial charge in [0.1, 0.15) is 5.60 Å². The highest BCUT2D eigenvalue weighted by atomic mass is 16.6. The molecule has 21 heavy (non-hydrogen) atoms. The van der Waals surface area contributed by atoms with Crippen molar-refractivity contribution in [2.75, 3.05) is 6.54 Å². The van der Waals surface area contributed by atoms with E-state index in [4.69, 9.17) is 4.74 Å². The van der Waals surface area contributed by atoms with Gasteiger partial charge in [-0.15, -0.1) is 6.58 Å². The summed E-state index contributed by atoms with van der Waals surface area (Å²) in [7, 11) is 0. The molecule has 1 N–H and O–H groups in total. The van der Waals surface area contributed by atoms with Crippen LogP contribution in [0.4, 0.5) is 4.79 Å². The Balaban J connectivity index is 2.19. The molecule has 1 aliphatic heterocycles. The van der Waals surface area contributed by atoms with Crippen molar-refractivity contribution in [3.8, 4) is 0 Å². The normalized spacial score (nSPS) is 14.8. The summed E-state index contributed by atoms with van der Waals surface area (Å²) in [4.78, 5) is 13.8. The summed E-state index contributed by atoms with van der Waals surface area (Å²) in [5.41, 5.74) is 2.11. The quantitative estimate of drug-likeness (QED) is 0.864. The number of ether oxygens (including phenoxy) is 1. The Kier molecular flexibility index (Phi) is 4.37. The molecular formula is C15H23N3O3. The van der Waals surface area contributed by atoms with E-state index in [1.165, 1.54) is 0 Å². The average Bonchev–Trinajstić information content (AvgIpc) is 2.73. The smallest absolute Gasteiger partial charge is 0.410 e. The van der Waals surface area contributed by atoms with Gasteiger partial charge in [-0.3, -0.25) is 4.68 Å². The Labute approximate surface area is 125 Å². The van der Waals surface area contributed by atoms with E-state index in [1.54, 1.807) is 15.7 Å². The summed E-state index contributed by atoms with van der Waals surface area (Å²) in [5.74, 6) is 0. The number of aromatic nitrogens is 2. The lowest BCUT2D eigenvalue weighted by molar-refractivity contribution is 0.0222. The Morgan fingerprint density at radius 3 is 2.81 bits per heavy atom. The van der Waals surface area contributed by atoms with Gasteiger partial charge in [0.05, 0.1) is 31.1 Å². The highest BCUT2D eigenvalue weighted by Crippen LogP contribution is 2.24. The predicted molar refractivity (Wildman–Crippen MR) is 78.7 cm³/mol. The van der Waals surface area contributed by atoms with E-state index < -0.39 is 5.60 Å². The number of allylic oxidation sites excluding steroid dienone is 1. The van der Waals surface area contributed by atoms with Crippen LogP contribution in [0.3, 0.4) is 0 Å². The minimum Gasteiger partial charge on any atom is -0.444 e. The van der Waals surface area contributed by atoms with Gasteiger partial charge in [-0.05, 0) is 20.8 Å². The summed E-state index contributed by atoms with van der Waals surface area (Å²) < 4.78 is 7.15. The van der Waals surface area contributed by atoms with Gasteiger partial charge in [0.15, 0.2) is 0 Å². The van der Waals surface area contributed by atoms with Crippen molar-refractivity contribution in [3.05, 3.63) is 29.6 Å². The summed E-state index contributed by atoms with van der Waals surface area (Å²) in [6.45, 7) is 10.7. The first kappa shape index (κ1) is 15.6. The summed E-state index contributed by atoms with van der Waals surface area (Å²) in [5, 5.41) is 14.1. The maximum atomic E-state index is 12.2. The molecule has 2 heterocycles. The zero-order valence-electron chi connectivity index (χ0n) is 12.9. The van der Waals surface area contributed by atoms with E-state index in [9.17, 15) is 9.90 Å². The van der Waals surface area contributed by atoms with Crippen molar-refractivity contribution in [1.82, 2.24) is 14.7 Å². The molecule has 0 aromatic carbocycles. The molecule has 0 bridgehead atoms. The molecule has 2 rings (SSSR count). The fraction of sp³-hybridized carbons (Fsp3) is 0.600. The van der Waals surface area contributed by atoms with Crippen molar-refractivity contribution in [3.63, 3.8) is 0 Å². The highest BCUT2D eigenvalue weighted by molar-refractivity contribution is 5.68. The number of hydrogen-bond acceptors (Lipinski definition) is 4. The van der Waals surface area contributed by atoms with Crippen LogP contribution < -0.4 is 0 Å². The first-order chi connectivity index (χ1) is 9.85. The van der Waals surface area contributed by atoms with Gasteiger partial charge >= 0.3 is 6.09 Å². The van der Waals surface area contributed by atoms with Crippen molar-refractivity contribution in [1.29, 1.82) is 0 Å². The monoisotopic (exact) mass is 293 g/mol. The molecule has 116 valence electrons. The number of rotatable bonds is 3. The van der Waals surface area contributed by atoms with E-state index >= 15 is 0 Å².